The maximum atomic E-state index is 12.9. The number of aromatic nitrogens is 2. The molecule has 7 nitrogen and oxygen atoms in total. The molecule has 170 valence electrons. The highest BCUT2D eigenvalue weighted by Gasteiger charge is 2.39. The van der Waals surface area contributed by atoms with Gasteiger partial charge in [-0.25, -0.2) is 0 Å². The molecule has 0 unspecified atom stereocenters. The number of rotatable bonds is 9. The van der Waals surface area contributed by atoms with E-state index in [1.807, 2.05) is 42.5 Å². The Balaban J connectivity index is 1.23. The van der Waals surface area contributed by atoms with Crippen molar-refractivity contribution >= 4 is 11.6 Å². The van der Waals surface area contributed by atoms with Crippen LogP contribution in [-0.4, -0.2) is 42.7 Å². The summed E-state index contributed by atoms with van der Waals surface area (Å²) in [6, 6.07) is 17.5. The first-order valence-corrected chi connectivity index (χ1v) is 11.3. The maximum Gasteiger partial charge on any atom is 0.255 e. The van der Waals surface area contributed by atoms with Crippen LogP contribution >= 0.6 is 0 Å². The molecule has 2 aliphatic rings. The Morgan fingerprint density at radius 3 is 2.39 bits per heavy atom. The van der Waals surface area contributed by atoms with Crippen LogP contribution in [0, 0.1) is 5.92 Å². The van der Waals surface area contributed by atoms with Crippen LogP contribution in [0.5, 0.6) is 11.8 Å². The summed E-state index contributed by atoms with van der Waals surface area (Å²) >= 11 is 0. The average molecular weight is 445 g/mol. The smallest absolute Gasteiger partial charge is 0.255 e. The highest BCUT2D eigenvalue weighted by Crippen LogP contribution is 2.42. The summed E-state index contributed by atoms with van der Waals surface area (Å²) in [7, 11) is 3.10. The number of anilines is 1. The van der Waals surface area contributed by atoms with Crippen LogP contribution in [0.4, 0.5) is 5.69 Å². The minimum atomic E-state index is -0.118. The summed E-state index contributed by atoms with van der Waals surface area (Å²) in [6.45, 7) is 1.13. The molecule has 5 rings (SSSR count). The SMILES string of the molecule is COc1cc(OC)nc(-c2ccc(NC(=O)c3cccc([C@@H]4C[C@H]4NCC4CC4)c3)cc2)n1. The van der Waals surface area contributed by atoms with Gasteiger partial charge in [0.1, 0.15) is 0 Å². The van der Waals surface area contributed by atoms with E-state index in [9.17, 15) is 4.79 Å². The summed E-state index contributed by atoms with van der Waals surface area (Å²) < 4.78 is 10.4. The van der Waals surface area contributed by atoms with E-state index in [-0.39, 0.29) is 5.91 Å². The van der Waals surface area contributed by atoms with Crippen LogP contribution in [0.3, 0.4) is 0 Å². The lowest BCUT2D eigenvalue weighted by Gasteiger charge is -2.09. The Hall–Kier alpha value is -3.45. The second-order valence-electron chi connectivity index (χ2n) is 8.73. The topological polar surface area (TPSA) is 85.4 Å². The molecule has 2 aromatic carbocycles. The van der Waals surface area contributed by atoms with Gasteiger partial charge in [0.05, 0.1) is 20.3 Å². The van der Waals surface area contributed by atoms with E-state index in [0.717, 1.165) is 24.4 Å². The lowest BCUT2D eigenvalue weighted by atomic mass is 10.1. The molecule has 0 bridgehead atoms. The quantitative estimate of drug-likeness (QED) is 0.513. The molecule has 0 aliphatic heterocycles. The molecule has 33 heavy (non-hydrogen) atoms. The number of carbonyl (C=O) groups is 1. The van der Waals surface area contributed by atoms with Gasteiger partial charge < -0.3 is 20.1 Å². The maximum absolute atomic E-state index is 12.9. The van der Waals surface area contributed by atoms with Crippen LogP contribution in [0.1, 0.15) is 41.1 Å². The lowest BCUT2D eigenvalue weighted by molar-refractivity contribution is 0.102. The second kappa shape index (κ2) is 9.19. The van der Waals surface area contributed by atoms with Crippen molar-refractivity contribution in [1.29, 1.82) is 0 Å². The van der Waals surface area contributed by atoms with E-state index in [1.165, 1.54) is 18.4 Å². The Morgan fingerprint density at radius 1 is 1.00 bits per heavy atom. The molecule has 0 spiro atoms. The van der Waals surface area contributed by atoms with Crippen LogP contribution in [-0.2, 0) is 0 Å². The van der Waals surface area contributed by atoms with Gasteiger partial charge in [-0.2, -0.15) is 9.97 Å². The molecule has 2 fully saturated rings. The van der Waals surface area contributed by atoms with Crippen LogP contribution in [0.2, 0.25) is 0 Å². The second-order valence-corrected chi connectivity index (χ2v) is 8.73. The molecule has 7 heteroatoms. The van der Waals surface area contributed by atoms with Gasteiger partial charge in [0, 0.05) is 28.8 Å². The number of nitrogens with zero attached hydrogens (tertiary/aromatic N) is 2. The van der Waals surface area contributed by atoms with Gasteiger partial charge in [0.25, 0.3) is 5.91 Å². The van der Waals surface area contributed by atoms with Crippen LogP contribution in [0.15, 0.2) is 54.6 Å². The predicted octanol–water partition coefficient (Wildman–Crippen LogP) is 4.27. The Morgan fingerprint density at radius 2 is 1.73 bits per heavy atom. The summed E-state index contributed by atoms with van der Waals surface area (Å²) in [5, 5.41) is 6.65. The van der Waals surface area contributed by atoms with Crippen LogP contribution in [0.25, 0.3) is 11.4 Å². The van der Waals surface area contributed by atoms with Crippen molar-refractivity contribution in [2.24, 2.45) is 5.92 Å². The molecular formula is C26H28N4O3. The largest absolute Gasteiger partial charge is 0.481 e. The Kier molecular flexibility index (Phi) is 5.96. The average Bonchev–Trinajstić information content (AvgIpc) is 3.78. The van der Waals surface area contributed by atoms with Crippen molar-refractivity contribution in [2.75, 3.05) is 26.1 Å². The van der Waals surface area contributed by atoms with Crippen LogP contribution < -0.4 is 20.1 Å². The first-order chi connectivity index (χ1) is 16.1. The third-order valence-electron chi connectivity index (χ3n) is 6.23. The number of hydrogen-bond acceptors (Lipinski definition) is 6. The van der Waals surface area contributed by atoms with E-state index in [4.69, 9.17) is 9.47 Å². The van der Waals surface area contributed by atoms with Gasteiger partial charge in [-0.1, -0.05) is 12.1 Å². The first kappa shape index (κ1) is 21.4. The highest BCUT2D eigenvalue weighted by molar-refractivity contribution is 6.04. The molecule has 2 aliphatic carbocycles. The number of benzene rings is 2. The molecule has 1 amide bonds. The van der Waals surface area contributed by atoms with Crippen molar-refractivity contribution in [2.45, 2.75) is 31.2 Å². The van der Waals surface area contributed by atoms with E-state index in [2.05, 4.69) is 26.7 Å². The predicted molar refractivity (Wildman–Crippen MR) is 127 cm³/mol. The highest BCUT2D eigenvalue weighted by atomic mass is 16.5. The van der Waals surface area contributed by atoms with Gasteiger partial charge in [0.15, 0.2) is 5.82 Å². The monoisotopic (exact) mass is 444 g/mol. The minimum absolute atomic E-state index is 0.118. The Labute approximate surface area is 193 Å². The molecule has 2 atom stereocenters. The fraction of sp³-hybridized carbons (Fsp3) is 0.346. The number of hydrogen-bond donors (Lipinski definition) is 2. The van der Waals surface area contributed by atoms with Gasteiger partial charge in [0.2, 0.25) is 11.8 Å². The van der Waals surface area contributed by atoms with E-state index >= 15 is 0 Å². The van der Waals surface area contributed by atoms with Gasteiger partial charge in [-0.15, -0.1) is 0 Å². The summed E-state index contributed by atoms with van der Waals surface area (Å²) in [5.74, 6) is 2.62. The number of ether oxygens (including phenoxy) is 2. The van der Waals surface area contributed by atoms with Crippen molar-refractivity contribution < 1.29 is 14.3 Å². The Bertz CT molecular complexity index is 1120. The molecule has 2 N–H and O–H groups in total. The zero-order valence-electron chi connectivity index (χ0n) is 18.9. The number of nitrogens with one attached hydrogen (secondary N) is 2. The zero-order valence-corrected chi connectivity index (χ0v) is 18.9. The fourth-order valence-corrected chi connectivity index (χ4v) is 3.99. The number of methoxy groups -OCH3 is 2. The molecule has 3 aromatic rings. The van der Waals surface area contributed by atoms with Crippen molar-refractivity contribution in [3.8, 4) is 23.1 Å². The molecule has 0 radical (unpaired) electrons. The summed E-state index contributed by atoms with van der Waals surface area (Å²) in [6.07, 6.45) is 3.87. The van der Waals surface area contributed by atoms with E-state index < -0.39 is 0 Å². The summed E-state index contributed by atoms with van der Waals surface area (Å²) in [4.78, 5) is 21.6. The molecular weight excluding hydrogens is 416 g/mol. The minimum Gasteiger partial charge on any atom is -0.481 e. The third-order valence-corrected chi connectivity index (χ3v) is 6.23. The van der Waals surface area contributed by atoms with Gasteiger partial charge in [-0.3, -0.25) is 4.79 Å². The third kappa shape index (κ3) is 5.14. The number of carbonyl (C=O) groups excluding carboxylic acids is 1. The fourth-order valence-electron chi connectivity index (χ4n) is 3.99. The van der Waals surface area contributed by atoms with Crippen molar-refractivity contribution in [3.05, 3.63) is 65.7 Å². The van der Waals surface area contributed by atoms with Gasteiger partial charge >= 0.3 is 0 Å². The van der Waals surface area contributed by atoms with Gasteiger partial charge in [-0.05, 0) is 73.7 Å². The first-order valence-electron chi connectivity index (χ1n) is 11.3. The number of amides is 1. The zero-order chi connectivity index (χ0) is 22.8. The standard InChI is InChI=1S/C26H28N4O3/c1-32-23-14-24(33-2)30-25(29-23)17-8-10-20(11-9-17)28-26(31)19-5-3-4-18(12-19)21-13-22(21)27-15-16-6-7-16/h3-5,8-12,14,16,21-22,27H,6-7,13,15H2,1-2H3,(H,28,31)/t21-,22+/m0/s1. The normalized spacial score (nSPS) is 19.1. The van der Waals surface area contributed by atoms with E-state index in [0.29, 0.717) is 40.8 Å². The van der Waals surface area contributed by atoms with Crippen molar-refractivity contribution in [1.82, 2.24) is 15.3 Å². The molecule has 1 aromatic heterocycles. The van der Waals surface area contributed by atoms with E-state index in [1.54, 1.807) is 20.3 Å². The molecule has 0 saturated heterocycles. The lowest BCUT2D eigenvalue weighted by Crippen LogP contribution is -2.20. The summed E-state index contributed by atoms with van der Waals surface area (Å²) in [5.41, 5.74) is 3.41. The molecule has 1 heterocycles. The molecule has 2 saturated carbocycles. The van der Waals surface area contributed by atoms with Crippen molar-refractivity contribution in [3.63, 3.8) is 0 Å².